The summed E-state index contributed by atoms with van der Waals surface area (Å²) in [6.45, 7) is 4.97. The zero-order valence-corrected chi connectivity index (χ0v) is 13.3. The highest BCUT2D eigenvalue weighted by Gasteiger charge is 2.07. The van der Waals surface area contributed by atoms with Crippen LogP contribution in [0.2, 0.25) is 0 Å². The van der Waals surface area contributed by atoms with Crippen LogP contribution in [0, 0.1) is 5.82 Å². The summed E-state index contributed by atoms with van der Waals surface area (Å²) < 4.78 is 18.5. The smallest absolute Gasteiger partial charge is 0.319 e. The fourth-order valence-corrected chi connectivity index (χ4v) is 2.12. The molecular weight excluding hydrogens is 295 g/mol. The van der Waals surface area contributed by atoms with Crippen LogP contribution in [0.4, 0.5) is 14.9 Å². The lowest BCUT2D eigenvalue weighted by molar-refractivity contribution is 0.247. The molecule has 2 aromatic carbocycles. The van der Waals surface area contributed by atoms with Gasteiger partial charge < -0.3 is 15.4 Å². The highest BCUT2D eigenvalue weighted by molar-refractivity contribution is 5.89. The van der Waals surface area contributed by atoms with E-state index in [0.29, 0.717) is 24.8 Å². The largest absolute Gasteiger partial charge is 0.491 e. The highest BCUT2D eigenvalue weighted by Crippen LogP contribution is 2.25. The lowest BCUT2D eigenvalue weighted by Gasteiger charge is -2.14. The third-order valence-electron chi connectivity index (χ3n) is 3.29. The van der Waals surface area contributed by atoms with Gasteiger partial charge in [-0.25, -0.2) is 9.18 Å². The molecule has 0 aromatic heterocycles. The van der Waals surface area contributed by atoms with Gasteiger partial charge in [-0.1, -0.05) is 32.0 Å². The molecule has 0 spiro atoms. The van der Waals surface area contributed by atoms with Crippen LogP contribution in [0.5, 0.6) is 5.75 Å². The molecule has 122 valence electrons. The first-order chi connectivity index (χ1) is 11.1. The summed E-state index contributed by atoms with van der Waals surface area (Å²) in [4.78, 5) is 11.7. The molecular formula is C18H21FN2O2. The average Bonchev–Trinajstić information content (AvgIpc) is 2.54. The highest BCUT2D eigenvalue weighted by atomic mass is 19.1. The fourth-order valence-electron chi connectivity index (χ4n) is 2.12. The van der Waals surface area contributed by atoms with E-state index in [9.17, 15) is 9.18 Å². The van der Waals surface area contributed by atoms with Crippen LogP contribution in [0.1, 0.15) is 25.3 Å². The number of nitrogens with one attached hydrogen (secondary N) is 2. The second-order valence-corrected chi connectivity index (χ2v) is 5.43. The molecule has 0 fully saturated rings. The Labute approximate surface area is 135 Å². The van der Waals surface area contributed by atoms with Crippen molar-refractivity contribution in [2.45, 2.75) is 19.8 Å². The molecule has 5 heteroatoms. The number of amides is 2. The second kappa shape index (κ2) is 8.17. The molecule has 0 atom stereocenters. The first-order valence-electron chi connectivity index (χ1n) is 7.58. The number of carbonyl (C=O) groups excluding carboxylic acids is 1. The molecule has 0 aliphatic carbocycles. The Morgan fingerprint density at radius 2 is 1.83 bits per heavy atom. The molecule has 0 saturated heterocycles. The third kappa shape index (κ3) is 5.29. The van der Waals surface area contributed by atoms with Gasteiger partial charge in [-0.15, -0.1) is 0 Å². The predicted molar refractivity (Wildman–Crippen MR) is 89.4 cm³/mol. The SMILES string of the molecule is CC(C)c1ccccc1OCCNC(=O)Nc1ccc(F)cc1. The van der Waals surface area contributed by atoms with Crippen molar-refractivity contribution < 1.29 is 13.9 Å². The van der Waals surface area contributed by atoms with E-state index in [0.717, 1.165) is 11.3 Å². The summed E-state index contributed by atoms with van der Waals surface area (Å²) in [5.41, 5.74) is 1.68. The monoisotopic (exact) mass is 316 g/mol. The molecule has 4 nitrogen and oxygen atoms in total. The number of para-hydroxylation sites is 1. The van der Waals surface area contributed by atoms with Crippen molar-refractivity contribution in [3.05, 3.63) is 59.9 Å². The van der Waals surface area contributed by atoms with Crippen LogP contribution in [0.25, 0.3) is 0 Å². The predicted octanol–water partition coefficient (Wildman–Crippen LogP) is 4.15. The van der Waals surface area contributed by atoms with Gasteiger partial charge in [0, 0.05) is 5.69 Å². The number of urea groups is 1. The van der Waals surface area contributed by atoms with Gasteiger partial charge in [0.2, 0.25) is 0 Å². The maximum absolute atomic E-state index is 12.8. The van der Waals surface area contributed by atoms with Crippen molar-refractivity contribution in [1.82, 2.24) is 5.32 Å². The van der Waals surface area contributed by atoms with Crippen molar-refractivity contribution in [3.8, 4) is 5.75 Å². The Balaban J connectivity index is 1.75. The van der Waals surface area contributed by atoms with Crippen molar-refractivity contribution >= 4 is 11.7 Å². The Bertz CT molecular complexity index is 642. The Morgan fingerprint density at radius 3 is 2.52 bits per heavy atom. The van der Waals surface area contributed by atoms with Gasteiger partial charge in [-0.2, -0.15) is 0 Å². The number of halogens is 1. The Hall–Kier alpha value is -2.56. The zero-order valence-electron chi connectivity index (χ0n) is 13.3. The van der Waals surface area contributed by atoms with Crippen LogP contribution in [0.3, 0.4) is 0 Å². The lowest BCUT2D eigenvalue weighted by atomic mass is 10.0. The molecule has 2 amide bonds. The molecule has 0 bridgehead atoms. The van der Waals surface area contributed by atoms with Gasteiger partial charge in [-0.05, 0) is 41.8 Å². The van der Waals surface area contributed by atoms with Gasteiger partial charge in [0.15, 0.2) is 0 Å². The van der Waals surface area contributed by atoms with E-state index in [-0.39, 0.29) is 11.8 Å². The maximum Gasteiger partial charge on any atom is 0.319 e. The minimum atomic E-state index is -0.350. The number of ether oxygens (including phenoxy) is 1. The third-order valence-corrected chi connectivity index (χ3v) is 3.29. The first kappa shape index (κ1) is 16.8. The van der Waals surface area contributed by atoms with Crippen molar-refractivity contribution in [1.29, 1.82) is 0 Å². The summed E-state index contributed by atoms with van der Waals surface area (Å²) >= 11 is 0. The van der Waals surface area contributed by atoms with Gasteiger partial charge in [0.05, 0.1) is 6.54 Å². The quantitative estimate of drug-likeness (QED) is 0.787. The fraction of sp³-hybridized carbons (Fsp3) is 0.278. The Kier molecular flexibility index (Phi) is 5.97. The van der Waals surface area contributed by atoms with Gasteiger partial charge in [-0.3, -0.25) is 0 Å². The van der Waals surface area contributed by atoms with Gasteiger partial charge in [0.1, 0.15) is 18.2 Å². The standard InChI is InChI=1S/C18H21FN2O2/c1-13(2)16-5-3-4-6-17(16)23-12-11-20-18(22)21-15-9-7-14(19)8-10-15/h3-10,13H,11-12H2,1-2H3,(H2,20,21,22). The molecule has 2 rings (SSSR count). The molecule has 0 saturated carbocycles. The van der Waals surface area contributed by atoms with E-state index < -0.39 is 0 Å². The molecule has 0 heterocycles. The number of benzene rings is 2. The summed E-state index contributed by atoms with van der Waals surface area (Å²) in [5.74, 6) is 0.873. The van der Waals surface area contributed by atoms with E-state index in [4.69, 9.17) is 4.74 Å². The zero-order chi connectivity index (χ0) is 16.7. The van der Waals surface area contributed by atoms with Crippen molar-refractivity contribution in [2.24, 2.45) is 0 Å². The van der Waals surface area contributed by atoms with Gasteiger partial charge >= 0.3 is 6.03 Å². The topological polar surface area (TPSA) is 50.4 Å². The van der Waals surface area contributed by atoms with E-state index >= 15 is 0 Å². The normalized spacial score (nSPS) is 10.4. The minimum Gasteiger partial charge on any atom is -0.491 e. The number of hydrogen-bond acceptors (Lipinski definition) is 2. The minimum absolute atomic E-state index is 0.340. The van der Waals surface area contributed by atoms with Crippen LogP contribution >= 0.6 is 0 Å². The van der Waals surface area contributed by atoms with E-state index in [2.05, 4.69) is 24.5 Å². The molecule has 2 aromatic rings. The van der Waals surface area contributed by atoms with Gasteiger partial charge in [0.25, 0.3) is 0 Å². The Morgan fingerprint density at radius 1 is 1.13 bits per heavy atom. The molecule has 0 unspecified atom stereocenters. The van der Waals surface area contributed by atoms with E-state index in [1.54, 1.807) is 0 Å². The number of hydrogen-bond donors (Lipinski definition) is 2. The average molecular weight is 316 g/mol. The molecule has 0 radical (unpaired) electrons. The molecule has 23 heavy (non-hydrogen) atoms. The molecule has 2 N–H and O–H groups in total. The van der Waals surface area contributed by atoms with Crippen LogP contribution in [0.15, 0.2) is 48.5 Å². The number of carbonyl (C=O) groups is 1. The van der Waals surface area contributed by atoms with E-state index in [1.165, 1.54) is 24.3 Å². The second-order valence-electron chi connectivity index (χ2n) is 5.43. The maximum atomic E-state index is 12.8. The summed E-state index contributed by atoms with van der Waals surface area (Å²) in [6.07, 6.45) is 0. The number of rotatable bonds is 6. The van der Waals surface area contributed by atoms with Crippen molar-refractivity contribution in [3.63, 3.8) is 0 Å². The molecule has 0 aliphatic rings. The molecule has 0 aliphatic heterocycles. The van der Waals surface area contributed by atoms with Crippen LogP contribution in [-0.4, -0.2) is 19.2 Å². The van der Waals surface area contributed by atoms with Crippen molar-refractivity contribution in [2.75, 3.05) is 18.5 Å². The van der Waals surface area contributed by atoms with Crippen LogP contribution in [-0.2, 0) is 0 Å². The number of anilines is 1. The summed E-state index contributed by atoms with van der Waals surface area (Å²) in [6, 6.07) is 13.1. The summed E-state index contributed by atoms with van der Waals surface area (Å²) in [5, 5.41) is 5.32. The lowest BCUT2D eigenvalue weighted by Crippen LogP contribution is -2.32. The van der Waals surface area contributed by atoms with E-state index in [1.807, 2.05) is 24.3 Å². The first-order valence-corrected chi connectivity index (χ1v) is 7.58. The summed E-state index contributed by atoms with van der Waals surface area (Å²) in [7, 11) is 0. The van der Waals surface area contributed by atoms with Crippen LogP contribution < -0.4 is 15.4 Å².